The van der Waals surface area contributed by atoms with Gasteiger partial charge in [0.25, 0.3) is 0 Å². The van der Waals surface area contributed by atoms with Crippen LogP contribution in [0, 0.1) is 0 Å². The van der Waals surface area contributed by atoms with Crippen molar-refractivity contribution in [2.75, 3.05) is 19.8 Å². The van der Waals surface area contributed by atoms with Crippen molar-refractivity contribution >= 4 is 11.9 Å². The van der Waals surface area contributed by atoms with E-state index in [4.69, 9.17) is 24.1 Å². The average molecular weight is 424 g/mol. The number of ether oxygens (including phenoxy) is 4. The Morgan fingerprint density at radius 1 is 1.10 bits per heavy atom. The zero-order chi connectivity index (χ0) is 22.0. The van der Waals surface area contributed by atoms with Crippen molar-refractivity contribution in [3.05, 3.63) is 0 Å². The number of unbranched alkanes of at least 4 members (excludes halogenated alkanes) is 2. The van der Waals surface area contributed by atoms with Gasteiger partial charge < -0.3 is 44.5 Å². The molecule has 0 aliphatic carbocycles. The van der Waals surface area contributed by atoms with Gasteiger partial charge in [0.15, 0.2) is 12.4 Å². The number of carbonyl (C=O) groups excluding carboxylic acids is 2. The summed E-state index contributed by atoms with van der Waals surface area (Å²) in [5.74, 6) is -1.25. The summed E-state index contributed by atoms with van der Waals surface area (Å²) >= 11 is 0. The van der Waals surface area contributed by atoms with Gasteiger partial charge in [0, 0.05) is 13.3 Å². The monoisotopic (exact) mass is 424 g/mol. The van der Waals surface area contributed by atoms with Crippen LogP contribution in [-0.2, 0) is 28.5 Å². The SMILES string of the molecule is CCCCCC(=O)OC1C(OCC(O)C(O)CO)OC(COC(C)=O)C(O)C1O. The summed E-state index contributed by atoms with van der Waals surface area (Å²) in [6.07, 6.45) is -7.68. The zero-order valence-electron chi connectivity index (χ0n) is 16.7. The molecule has 1 fully saturated rings. The first-order chi connectivity index (χ1) is 13.7. The number of aliphatic hydroxyl groups excluding tert-OH is 5. The Morgan fingerprint density at radius 2 is 1.79 bits per heavy atom. The van der Waals surface area contributed by atoms with Crippen LogP contribution in [0.5, 0.6) is 0 Å². The van der Waals surface area contributed by atoms with Crippen LogP contribution in [0.25, 0.3) is 0 Å². The number of rotatable bonds is 12. The third kappa shape index (κ3) is 8.51. The van der Waals surface area contributed by atoms with Crippen molar-refractivity contribution < 1.29 is 54.1 Å². The van der Waals surface area contributed by atoms with Crippen molar-refractivity contribution in [3.63, 3.8) is 0 Å². The average Bonchev–Trinajstić information content (AvgIpc) is 2.69. The molecule has 1 saturated heterocycles. The smallest absolute Gasteiger partial charge is 0.306 e. The van der Waals surface area contributed by atoms with Crippen molar-refractivity contribution in [1.82, 2.24) is 0 Å². The molecule has 7 unspecified atom stereocenters. The molecule has 1 aliphatic rings. The third-order valence-electron chi connectivity index (χ3n) is 4.41. The van der Waals surface area contributed by atoms with E-state index in [1.807, 2.05) is 6.92 Å². The molecule has 29 heavy (non-hydrogen) atoms. The second-order valence-corrected chi connectivity index (χ2v) is 6.89. The van der Waals surface area contributed by atoms with Gasteiger partial charge in [0.05, 0.1) is 13.2 Å². The number of hydrogen-bond donors (Lipinski definition) is 5. The molecule has 5 N–H and O–H groups in total. The van der Waals surface area contributed by atoms with E-state index in [1.165, 1.54) is 0 Å². The summed E-state index contributed by atoms with van der Waals surface area (Å²) in [4.78, 5) is 23.1. The summed E-state index contributed by atoms with van der Waals surface area (Å²) in [7, 11) is 0. The lowest BCUT2D eigenvalue weighted by molar-refractivity contribution is -0.309. The number of aliphatic hydroxyl groups is 5. The van der Waals surface area contributed by atoms with Crippen LogP contribution in [0.1, 0.15) is 39.5 Å². The molecule has 0 bridgehead atoms. The molecule has 11 heteroatoms. The molecule has 7 atom stereocenters. The summed E-state index contributed by atoms with van der Waals surface area (Å²) in [6, 6.07) is 0. The lowest BCUT2D eigenvalue weighted by Gasteiger charge is -2.41. The van der Waals surface area contributed by atoms with Gasteiger partial charge in [-0.05, 0) is 6.42 Å². The van der Waals surface area contributed by atoms with Gasteiger partial charge in [0.1, 0.15) is 37.1 Å². The highest BCUT2D eigenvalue weighted by atomic mass is 16.7. The molecule has 1 rings (SSSR count). The van der Waals surface area contributed by atoms with E-state index in [0.29, 0.717) is 6.42 Å². The van der Waals surface area contributed by atoms with E-state index in [2.05, 4.69) is 0 Å². The Balaban J connectivity index is 2.83. The molecule has 0 spiro atoms. The van der Waals surface area contributed by atoms with Crippen molar-refractivity contribution in [1.29, 1.82) is 0 Å². The first kappa shape index (κ1) is 25.7. The lowest BCUT2D eigenvalue weighted by Crippen LogP contribution is -2.61. The minimum absolute atomic E-state index is 0.0998. The normalized spacial score (nSPS) is 29.1. The van der Waals surface area contributed by atoms with Crippen LogP contribution < -0.4 is 0 Å². The summed E-state index contributed by atoms with van der Waals surface area (Å²) in [5, 5.41) is 48.7. The predicted molar refractivity (Wildman–Crippen MR) is 96.4 cm³/mol. The Bertz CT molecular complexity index is 500. The van der Waals surface area contributed by atoms with Crippen LogP contribution in [0.4, 0.5) is 0 Å². The largest absolute Gasteiger partial charge is 0.463 e. The number of hydrogen-bond acceptors (Lipinski definition) is 11. The topological polar surface area (TPSA) is 172 Å². The molecule has 1 heterocycles. The maximum atomic E-state index is 12.1. The van der Waals surface area contributed by atoms with E-state index in [1.54, 1.807) is 0 Å². The van der Waals surface area contributed by atoms with Crippen LogP contribution in [0.2, 0.25) is 0 Å². The molecule has 0 radical (unpaired) electrons. The van der Waals surface area contributed by atoms with Gasteiger partial charge >= 0.3 is 11.9 Å². The Kier molecular flexibility index (Phi) is 11.6. The van der Waals surface area contributed by atoms with Crippen molar-refractivity contribution in [2.45, 2.75) is 82.4 Å². The van der Waals surface area contributed by atoms with Gasteiger partial charge in [-0.3, -0.25) is 9.59 Å². The van der Waals surface area contributed by atoms with Crippen LogP contribution in [0.15, 0.2) is 0 Å². The standard InChI is InChI=1S/C18H32O11/c1-3-4-5-6-14(23)29-17-16(25)15(24)13(9-26-10(2)20)28-18(17)27-8-12(22)11(21)7-19/h11-13,15-19,21-22,24-25H,3-9H2,1-2H3. The minimum Gasteiger partial charge on any atom is -0.463 e. The van der Waals surface area contributed by atoms with Gasteiger partial charge in [-0.15, -0.1) is 0 Å². The molecule has 170 valence electrons. The molecule has 0 aromatic heterocycles. The maximum absolute atomic E-state index is 12.1. The molecular weight excluding hydrogens is 392 g/mol. The molecule has 11 nitrogen and oxygen atoms in total. The van der Waals surface area contributed by atoms with Gasteiger partial charge in [0.2, 0.25) is 0 Å². The third-order valence-corrected chi connectivity index (χ3v) is 4.41. The van der Waals surface area contributed by atoms with Crippen LogP contribution >= 0.6 is 0 Å². The molecule has 0 amide bonds. The highest BCUT2D eigenvalue weighted by Gasteiger charge is 2.48. The molecule has 0 aromatic carbocycles. The van der Waals surface area contributed by atoms with Crippen LogP contribution in [0.3, 0.4) is 0 Å². The van der Waals surface area contributed by atoms with Gasteiger partial charge in [-0.2, -0.15) is 0 Å². The van der Waals surface area contributed by atoms with Crippen molar-refractivity contribution in [3.8, 4) is 0 Å². The van der Waals surface area contributed by atoms with E-state index in [9.17, 15) is 30.0 Å². The Labute approximate surface area is 169 Å². The summed E-state index contributed by atoms with van der Waals surface area (Å²) < 4.78 is 20.8. The zero-order valence-corrected chi connectivity index (χ0v) is 16.7. The number of carbonyl (C=O) groups is 2. The van der Waals surface area contributed by atoms with E-state index in [-0.39, 0.29) is 13.0 Å². The quantitative estimate of drug-likeness (QED) is 0.177. The Morgan fingerprint density at radius 3 is 2.38 bits per heavy atom. The van der Waals surface area contributed by atoms with Crippen molar-refractivity contribution in [2.24, 2.45) is 0 Å². The maximum Gasteiger partial charge on any atom is 0.306 e. The van der Waals surface area contributed by atoms with Crippen LogP contribution in [-0.4, -0.2) is 100 Å². The van der Waals surface area contributed by atoms with E-state index >= 15 is 0 Å². The highest BCUT2D eigenvalue weighted by Crippen LogP contribution is 2.26. The second kappa shape index (κ2) is 13.1. The highest BCUT2D eigenvalue weighted by molar-refractivity contribution is 5.69. The minimum atomic E-state index is -1.61. The second-order valence-electron chi connectivity index (χ2n) is 6.89. The fourth-order valence-corrected chi connectivity index (χ4v) is 2.66. The molecule has 1 aliphatic heterocycles. The summed E-state index contributed by atoms with van der Waals surface area (Å²) in [6.45, 7) is 1.53. The Hall–Kier alpha value is -1.34. The molecule has 0 aromatic rings. The predicted octanol–water partition coefficient (Wildman–Crippen LogP) is -1.78. The number of esters is 2. The molecule has 0 saturated carbocycles. The van der Waals surface area contributed by atoms with E-state index < -0.39 is 68.1 Å². The van der Waals surface area contributed by atoms with Gasteiger partial charge in [-0.1, -0.05) is 19.8 Å². The fraction of sp³-hybridized carbons (Fsp3) is 0.889. The first-order valence-electron chi connectivity index (χ1n) is 9.64. The molecular formula is C18H32O11. The summed E-state index contributed by atoms with van der Waals surface area (Å²) in [5.41, 5.74) is 0. The fourth-order valence-electron chi connectivity index (χ4n) is 2.66. The first-order valence-corrected chi connectivity index (χ1v) is 9.64. The van der Waals surface area contributed by atoms with E-state index in [0.717, 1.165) is 19.8 Å². The lowest BCUT2D eigenvalue weighted by atomic mass is 9.99. The van der Waals surface area contributed by atoms with Gasteiger partial charge in [-0.25, -0.2) is 0 Å².